The summed E-state index contributed by atoms with van der Waals surface area (Å²) in [6.07, 6.45) is 6.50. The lowest BCUT2D eigenvalue weighted by molar-refractivity contribution is -0.131. The molecule has 0 aromatic heterocycles. The molecule has 0 radical (unpaired) electrons. The van der Waals surface area contributed by atoms with E-state index < -0.39 is 5.97 Å². The average Bonchev–Trinajstić information content (AvgIpc) is 2.08. The summed E-state index contributed by atoms with van der Waals surface area (Å²) in [5, 5.41) is 8.28. The lowest BCUT2D eigenvalue weighted by Crippen LogP contribution is -2.22. The van der Waals surface area contributed by atoms with Gasteiger partial charge in [-0.3, -0.25) is 4.99 Å². The number of hydrogen-bond donors (Lipinski definition) is 3. The molecule has 0 aromatic rings. The zero-order valence-electron chi connectivity index (χ0n) is 8.15. The number of hydrogen-bond acceptors (Lipinski definition) is 2. The van der Waals surface area contributed by atoms with Gasteiger partial charge in [0.1, 0.15) is 0 Å². The van der Waals surface area contributed by atoms with Crippen molar-refractivity contribution in [1.82, 2.24) is 0 Å². The molecule has 0 unspecified atom stereocenters. The van der Waals surface area contributed by atoms with Crippen molar-refractivity contribution in [1.29, 1.82) is 0 Å². The first-order chi connectivity index (χ1) is 6.63. The van der Waals surface area contributed by atoms with Gasteiger partial charge in [-0.05, 0) is 19.3 Å². The van der Waals surface area contributed by atoms with E-state index in [1.165, 1.54) is 0 Å². The maximum Gasteiger partial charge on any atom is 0.327 e. The van der Waals surface area contributed by atoms with Crippen LogP contribution >= 0.6 is 0 Å². The highest BCUT2D eigenvalue weighted by molar-refractivity contribution is 5.79. The second-order valence-corrected chi connectivity index (χ2v) is 2.90. The second kappa shape index (κ2) is 8.10. The molecular weight excluding hydrogens is 182 g/mol. The van der Waals surface area contributed by atoms with E-state index in [0.717, 1.165) is 31.8 Å². The predicted octanol–water partition coefficient (Wildman–Crippen LogP) is 0.461. The standard InChI is InChI=1S/C9H17N3O2/c10-9(11)12-7-5-3-1-2-4-6-8(13)14/h4,6H,1-3,5,7H2,(H,13,14)(H4,10,11,12). The van der Waals surface area contributed by atoms with Gasteiger partial charge in [0.2, 0.25) is 0 Å². The summed E-state index contributed by atoms with van der Waals surface area (Å²) in [5.74, 6) is -0.777. The summed E-state index contributed by atoms with van der Waals surface area (Å²) in [6, 6.07) is 0. The Labute approximate surface area is 83.5 Å². The summed E-state index contributed by atoms with van der Waals surface area (Å²) in [7, 11) is 0. The first-order valence-corrected chi connectivity index (χ1v) is 4.58. The number of nitrogens with two attached hydrogens (primary N) is 2. The molecule has 0 saturated carbocycles. The molecule has 0 aliphatic heterocycles. The van der Waals surface area contributed by atoms with E-state index in [-0.39, 0.29) is 5.96 Å². The number of carboxylic acid groups (broad SMARTS) is 1. The molecule has 0 amide bonds. The molecule has 0 fully saturated rings. The third kappa shape index (κ3) is 10.5. The fourth-order valence-electron chi connectivity index (χ4n) is 0.943. The van der Waals surface area contributed by atoms with Crippen LogP contribution < -0.4 is 11.5 Å². The summed E-state index contributed by atoms with van der Waals surface area (Å²) in [5.41, 5.74) is 10.3. The molecule has 0 aliphatic carbocycles. The maximum atomic E-state index is 10.1. The molecule has 0 spiro atoms. The highest BCUT2D eigenvalue weighted by Crippen LogP contribution is 2.00. The minimum atomic E-state index is -0.898. The largest absolute Gasteiger partial charge is 0.478 e. The van der Waals surface area contributed by atoms with E-state index >= 15 is 0 Å². The number of allylic oxidation sites excluding steroid dienone is 1. The van der Waals surface area contributed by atoms with Crippen LogP contribution in [0.1, 0.15) is 25.7 Å². The summed E-state index contributed by atoms with van der Waals surface area (Å²) < 4.78 is 0. The van der Waals surface area contributed by atoms with Crippen molar-refractivity contribution in [2.75, 3.05) is 6.54 Å². The van der Waals surface area contributed by atoms with Crippen molar-refractivity contribution >= 4 is 11.9 Å². The third-order valence-corrected chi connectivity index (χ3v) is 1.58. The van der Waals surface area contributed by atoms with Crippen molar-refractivity contribution in [3.05, 3.63) is 12.2 Å². The number of guanidine groups is 1. The molecular formula is C9H17N3O2. The number of rotatable bonds is 7. The molecule has 0 atom stereocenters. The minimum Gasteiger partial charge on any atom is -0.478 e. The van der Waals surface area contributed by atoms with Gasteiger partial charge in [0.25, 0.3) is 0 Å². The Kier molecular flexibility index (Phi) is 7.22. The fourth-order valence-corrected chi connectivity index (χ4v) is 0.943. The number of nitrogens with zero attached hydrogens (tertiary/aromatic N) is 1. The zero-order valence-corrected chi connectivity index (χ0v) is 8.15. The average molecular weight is 199 g/mol. The van der Waals surface area contributed by atoms with Crippen LogP contribution in [0.4, 0.5) is 0 Å². The van der Waals surface area contributed by atoms with E-state index in [0.29, 0.717) is 6.54 Å². The van der Waals surface area contributed by atoms with Crippen LogP contribution in [0, 0.1) is 0 Å². The molecule has 5 N–H and O–H groups in total. The van der Waals surface area contributed by atoms with Crippen LogP contribution in [-0.4, -0.2) is 23.6 Å². The van der Waals surface area contributed by atoms with Crippen LogP contribution in [0.25, 0.3) is 0 Å². The summed E-state index contributed by atoms with van der Waals surface area (Å²) in [4.78, 5) is 13.9. The molecule has 5 nitrogen and oxygen atoms in total. The fraction of sp³-hybridized carbons (Fsp3) is 0.556. The van der Waals surface area contributed by atoms with E-state index in [2.05, 4.69) is 4.99 Å². The molecule has 0 saturated heterocycles. The number of carbonyl (C=O) groups is 1. The van der Waals surface area contributed by atoms with E-state index in [4.69, 9.17) is 16.6 Å². The monoisotopic (exact) mass is 199 g/mol. The van der Waals surface area contributed by atoms with Crippen LogP contribution in [0.15, 0.2) is 17.1 Å². The first-order valence-electron chi connectivity index (χ1n) is 4.58. The van der Waals surface area contributed by atoms with Gasteiger partial charge in [-0.1, -0.05) is 12.5 Å². The van der Waals surface area contributed by atoms with Crippen molar-refractivity contribution in [3.8, 4) is 0 Å². The molecule has 0 aromatic carbocycles. The van der Waals surface area contributed by atoms with Crippen molar-refractivity contribution < 1.29 is 9.90 Å². The van der Waals surface area contributed by atoms with Gasteiger partial charge in [-0.15, -0.1) is 0 Å². The molecule has 0 rings (SSSR count). The van der Waals surface area contributed by atoms with Crippen LogP contribution in [-0.2, 0) is 4.79 Å². The molecule has 80 valence electrons. The highest BCUT2D eigenvalue weighted by Gasteiger charge is 1.88. The van der Waals surface area contributed by atoms with Crippen molar-refractivity contribution in [2.45, 2.75) is 25.7 Å². The minimum absolute atomic E-state index is 0.121. The van der Waals surface area contributed by atoms with Crippen molar-refractivity contribution in [2.24, 2.45) is 16.5 Å². The third-order valence-electron chi connectivity index (χ3n) is 1.58. The Balaban J connectivity index is 3.22. The van der Waals surface area contributed by atoms with Crippen LogP contribution in [0.2, 0.25) is 0 Å². The topological polar surface area (TPSA) is 102 Å². The van der Waals surface area contributed by atoms with Gasteiger partial charge in [-0.2, -0.15) is 0 Å². The lowest BCUT2D eigenvalue weighted by atomic mass is 10.2. The Hall–Kier alpha value is -1.52. The first kappa shape index (κ1) is 12.5. The Morgan fingerprint density at radius 3 is 2.57 bits per heavy atom. The number of unbranched alkanes of at least 4 members (excludes halogenated alkanes) is 3. The predicted molar refractivity (Wildman–Crippen MR) is 55.9 cm³/mol. The number of aliphatic imine (C=N–C) groups is 1. The van der Waals surface area contributed by atoms with Crippen LogP contribution in [0.5, 0.6) is 0 Å². The van der Waals surface area contributed by atoms with E-state index in [1.54, 1.807) is 6.08 Å². The van der Waals surface area contributed by atoms with Gasteiger partial charge in [0.05, 0.1) is 0 Å². The molecule has 0 bridgehead atoms. The number of carboxylic acids is 1. The van der Waals surface area contributed by atoms with Gasteiger partial charge in [0, 0.05) is 12.6 Å². The number of aliphatic carboxylic acids is 1. The Morgan fingerprint density at radius 2 is 2.00 bits per heavy atom. The normalized spacial score (nSPS) is 10.3. The zero-order chi connectivity index (χ0) is 10.8. The summed E-state index contributed by atoms with van der Waals surface area (Å²) >= 11 is 0. The Morgan fingerprint density at radius 1 is 1.29 bits per heavy atom. The molecule has 5 heteroatoms. The van der Waals surface area contributed by atoms with E-state index in [9.17, 15) is 4.79 Å². The Bertz CT molecular complexity index is 220. The molecule has 0 heterocycles. The van der Waals surface area contributed by atoms with Gasteiger partial charge < -0.3 is 16.6 Å². The molecule has 14 heavy (non-hydrogen) atoms. The second-order valence-electron chi connectivity index (χ2n) is 2.90. The summed E-state index contributed by atoms with van der Waals surface area (Å²) in [6.45, 7) is 0.644. The van der Waals surface area contributed by atoms with Gasteiger partial charge in [0.15, 0.2) is 5.96 Å². The van der Waals surface area contributed by atoms with Gasteiger partial charge >= 0.3 is 5.97 Å². The van der Waals surface area contributed by atoms with E-state index in [1.807, 2.05) is 0 Å². The lowest BCUT2D eigenvalue weighted by Gasteiger charge is -1.95. The SMILES string of the molecule is NC(N)=NCCCCCC=CC(=O)O. The smallest absolute Gasteiger partial charge is 0.327 e. The van der Waals surface area contributed by atoms with Gasteiger partial charge in [-0.25, -0.2) is 4.79 Å². The maximum absolute atomic E-state index is 10.1. The quantitative estimate of drug-likeness (QED) is 0.240. The van der Waals surface area contributed by atoms with Crippen molar-refractivity contribution in [3.63, 3.8) is 0 Å². The molecule has 0 aliphatic rings. The van der Waals surface area contributed by atoms with Crippen LogP contribution in [0.3, 0.4) is 0 Å². The highest BCUT2D eigenvalue weighted by atomic mass is 16.4.